The average molecular weight is 505 g/mol. The van der Waals surface area contributed by atoms with Crippen LogP contribution in [0.1, 0.15) is 56.5 Å². The Kier molecular flexibility index (Phi) is 7.93. The summed E-state index contributed by atoms with van der Waals surface area (Å²) < 4.78 is 5.85. The highest BCUT2D eigenvalue weighted by Gasteiger charge is 2.38. The molecule has 7 nitrogen and oxygen atoms in total. The van der Waals surface area contributed by atoms with Gasteiger partial charge in [-0.1, -0.05) is 45.9 Å². The molecule has 0 amide bonds. The first-order valence-corrected chi connectivity index (χ1v) is 13.5. The number of nitrogens with zero attached hydrogens (tertiary/aromatic N) is 5. The third-order valence-electron chi connectivity index (χ3n) is 7.97. The third-order valence-corrected chi connectivity index (χ3v) is 7.97. The van der Waals surface area contributed by atoms with E-state index in [4.69, 9.17) is 20.4 Å². The summed E-state index contributed by atoms with van der Waals surface area (Å²) in [5, 5.41) is 0. The monoisotopic (exact) mass is 504 g/mol. The normalized spacial score (nSPS) is 20.4. The fraction of sp³-hybridized carbons (Fsp3) is 0.567. The molecule has 2 N–H and O–H groups in total. The van der Waals surface area contributed by atoms with Gasteiger partial charge in [0.2, 0.25) is 0 Å². The first-order chi connectivity index (χ1) is 17.6. The number of hydrogen-bond acceptors (Lipinski definition) is 6. The molecule has 0 spiro atoms. The Morgan fingerprint density at radius 2 is 1.89 bits per heavy atom. The Bertz CT molecular complexity index is 1180. The van der Waals surface area contributed by atoms with E-state index in [2.05, 4.69) is 74.5 Å². The molecule has 7 heteroatoms. The summed E-state index contributed by atoms with van der Waals surface area (Å²) in [5.74, 6) is 3.07. The Labute approximate surface area is 222 Å². The standard InChI is InChI=1S/C30H44N6O/c1-19(2)23(31)16-26(32-7)35-14-12-24-22(17-35)29(36-15-13-25(37-8)30(5,6)18-36)34-28(33-24)27-20(3)10-9-11-21(27)4/h9-11,16,19,25H,12-15,17-18,31H2,1-8H3. The van der Waals surface area contributed by atoms with Gasteiger partial charge in [0, 0.05) is 69.0 Å². The van der Waals surface area contributed by atoms with Crippen LogP contribution in [0.5, 0.6) is 0 Å². The number of amidine groups is 1. The predicted octanol–water partition coefficient (Wildman–Crippen LogP) is 4.90. The molecule has 2 aliphatic heterocycles. The number of aliphatic imine (C=N–C) groups is 1. The zero-order valence-corrected chi connectivity index (χ0v) is 23.9. The maximum Gasteiger partial charge on any atom is 0.162 e. The van der Waals surface area contributed by atoms with Crippen molar-refractivity contribution in [1.82, 2.24) is 14.9 Å². The number of allylic oxidation sites excluding steroid dienone is 1. The number of methoxy groups -OCH3 is 1. The predicted molar refractivity (Wildman–Crippen MR) is 153 cm³/mol. The molecule has 1 atom stereocenters. The van der Waals surface area contributed by atoms with Gasteiger partial charge in [-0.15, -0.1) is 0 Å². The molecule has 2 aromatic rings. The van der Waals surface area contributed by atoms with Crippen molar-refractivity contribution in [2.45, 2.75) is 67.0 Å². The second kappa shape index (κ2) is 10.8. The molecule has 3 heterocycles. The lowest BCUT2D eigenvalue weighted by molar-refractivity contribution is -0.00649. The maximum absolute atomic E-state index is 6.32. The summed E-state index contributed by atoms with van der Waals surface area (Å²) in [5.41, 5.74) is 13.1. The fourth-order valence-electron chi connectivity index (χ4n) is 5.70. The van der Waals surface area contributed by atoms with Crippen molar-refractivity contribution < 1.29 is 4.74 Å². The Morgan fingerprint density at radius 3 is 2.49 bits per heavy atom. The van der Waals surface area contributed by atoms with Crippen LogP contribution in [0.4, 0.5) is 5.82 Å². The van der Waals surface area contributed by atoms with Gasteiger partial charge < -0.3 is 20.3 Å². The van der Waals surface area contributed by atoms with Crippen LogP contribution in [0.25, 0.3) is 11.4 Å². The molecule has 1 saturated heterocycles. The molecule has 1 unspecified atom stereocenters. The average Bonchev–Trinajstić information content (AvgIpc) is 2.85. The third kappa shape index (κ3) is 5.52. The van der Waals surface area contributed by atoms with E-state index < -0.39 is 0 Å². The minimum absolute atomic E-state index is 0.0163. The van der Waals surface area contributed by atoms with Gasteiger partial charge in [-0.2, -0.15) is 0 Å². The van der Waals surface area contributed by atoms with Crippen molar-refractivity contribution >= 4 is 11.7 Å². The highest BCUT2D eigenvalue weighted by molar-refractivity contribution is 5.93. The van der Waals surface area contributed by atoms with Crippen LogP contribution in [-0.2, 0) is 17.7 Å². The molecule has 4 rings (SSSR count). The van der Waals surface area contributed by atoms with E-state index in [1.807, 2.05) is 20.2 Å². The lowest BCUT2D eigenvalue weighted by Crippen LogP contribution is -2.50. The van der Waals surface area contributed by atoms with Gasteiger partial charge >= 0.3 is 0 Å². The van der Waals surface area contributed by atoms with Crippen LogP contribution >= 0.6 is 0 Å². The molecule has 0 bridgehead atoms. The second-order valence-electron chi connectivity index (χ2n) is 11.5. The zero-order chi connectivity index (χ0) is 26.9. The SMILES string of the molecule is CN=C(C=C(N)C(C)C)N1CCc2nc(-c3c(C)cccc3C)nc(N3CCC(OC)C(C)(C)C3)c2C1. The summed E-state index contributed by atoms with van der Waals surface area (Å²) in [4.78, 5) is 19.8. The summed E-state index contributed by atoms with van der Waals surface area (Å²) >= 11 is 0. The van der Waals surface area contributed by atoms with Gasteiger partial charge in [-0.25, -0.2) is 9.97 Å². The zero-order valence-electron chi connectivity index (χ0n) is 23.9. The lowest BCUT2D eigenvalue weighted by atomic mass is 9.81. The van der Waals surface area contributed by atoms with Crippen molar-refractivity contribution in [2.24, 2.45) is 22.1 Å². The van der Waals surface area contributed by atoms with E-state index in [0.717, 1.165) is 73.5 Å². The molecule has 1 aromatic carbocycles. The van der Waals surface area contributed by atoms with Crippen molar-refractivity contribution in [3.63, 3.8) is 0 Å². The Hall–Kier alpha value is -2.93. The highest BCUT2D eigenvalue weighted by atomic mass is 16.5. The van der Waals surface area contributed by atoms with E-state index >= 15 is 0 Å². The first-order valence-electron chi connectivity index (χ1n) is 13.5. The number of aryl methyl sites for hydroxylation is 2. The summed E-state index contributed by atoms with van der Waals surface area (Å²) in [7, 11) is 3.67. The van der Waals surface area contributed by atoms with Gasteiger partial charge in [0.05, 0.1) is 11.8 Å². The number of rotatable bonds is 5. The number of ether oxygens (including phenoxy) is 1. The van der Waals surface area contributed by atoms with E-state index in [1.165, 1.54) is 16.7 Å². The van der Waals surface area contributed by atoms with E-state index in [1.54, 1.807) is 0 Å². The van der Waals surface area contributed by atoms with Crippen molar-refractivity contribution in [3.8, 4) is 11.4 Å². The number of aromatic nitrogens is 2. The molecule has 0 aliphatic carbocycles. The second-order valence-corrected chi connectivity index (χ2v) is 11.5. The summed E-state index contributed by atoms with van der Waals surface area (Å²) in [6.45, 7) is 16.5. The van der Waals surface area contributed by atoms with Gasteiger partial charge in [0.25, 0.3) is 0 Å². The topological polar surface area (TPSA) is 79.9 Å². The Balaban J connectivity index is 1.80. The van der Waals surface area contributed by atoms with Gasteiger partial charge in [-0.3, -0.25) is 4.99 Å². The minimum Gasteiger partial charge on any atom is -0.402 e. The van der Waals surface area contributed by atoms with Crippen LogP contribution in [-0.4, -0.2) is 60.6 Å². The Morgan fingerprint density at radius 1 is 1.19 bits per heavy atom. The van der Waals surface area contributed by atoms with Crippen molar-refractivity contribution in [3.05, 3.63) is 52.4 Å². The van der Waals surface area contributed by atoms with Crippen LogP contribution in [0.15, 0.2) is 35.0 Å². The summed E-state index contributed by atoms with van der Waals surface area (Å²) in [6.07, 6.45) is 4.07. The van der Waals surface area contributed by atoms with Crippen LogP contribution in [0, 0.1) is 25.2 Å². The van der Waals surface area contributed by atoms with Gasteiger partial charge in [-0.05, 0) is 43.4 Å². The number of piperidine rings is 1. The van der Waals surface area contributed by atoms with E-state index in [-0.39, 0.29) is 17.4 Å². The number of nitrogens with two attached hydrogens (primary N) is 1. The quantitative estimate of drug-likeness (QED) is 0.461. The van der Waals surface area contributed by atoms with E-state index in [9.17, 15) is 0 Å². The smallest absolute Gasteiger partial charge is 0.162 e. The molecule has 0 saturated carbocycles. The largest absolute Gasteiger partial charge is 0.402 e. The van der Waals surface area contributed by atoms with Crippen LogP contribution in [0.3, 0.4) is 0 Å². The molecule has 2 aliphatic rings. The molecular formula is C30H44N6O. The minimum atomic E-state index is 0.0163. The summed E-state index contributed by atoms with van der Waals surface area (Å²) in [6, 6.07) is 6.40. The maximum atomic E-state index is 6.32. The molecule has 200 valence electrons. The van der Waals surface area contributed by atoms with Crippen LogP contribution in [0.2, 0.25) is 0 Å². The van der Waals surface area contributed by atoms with Gasteiger partial charge in [0.15, 0.2) is 5.82 Å². The van der Waals surface area contributed by atoms with E-state index in [0.29, 0.717) is 0 Å². The molecule has 0 radical (unpaired) electrons. The first kappa shape index (κ1) is 27.1. The van der Waals surface area contributed by atoms with Crippen molar-refractivity contribution in [1.29, 1.82) is 0 Å². The number of benzene rings is 1. The highest BCUT2D eigenvalue weighted by Crippen LogP contribution is 2.37. The molecule has 37 heavy (non-hydrogen) atoms. The fourth-order valence-corrected chi connectivity index (χ4v) is 5.70. The lowest BCUT2D eigenvalue weighted by Gasteiger charge is -2.45. The number of hydrogen-bond donors (Lipinski definition) is 1. The molecule has 1 fully saturated rings. The molecular weight excluding hydrogens is 460 g/mol. The number of fused-ring (bicyclic) bond motifs is 1. The van der Waals surface area contributed by atoms with Gasteiger partial charge in [0.1, 0.15) is 11.7 Å². The number of anilines is 1. The van der Waals surface area contributed by atoms with Crippen LogP contribution < -0.4 is 10.6 Å². The molecule has 1 aromatic heterocycles. The van der Waals surface area contributed by atoms with Crippen molar-refractivity contribution in [2.75, 3.05) is 38.7 Å².